The van der Waals surface area contributed by atoms with Gasteiger partial charge in [0.05, 0.1) is 18.4 Å². The zero-order valence-electron chi connectivity index (χ0n) is 10.3. The van der Waals surface area contributed by atoms with Gasteiger partial charge in [0.2, 0.25) is 0 Å². The summed E-state index contributed by atoms with van der Waals surface area (Å²) in [4.78, 5) is 22.1. The van der Waals surface area contributed by atoms with Crippen molar-refractivity contribution >= 4 is 41.3 Å². The number of hydrogen-bond acceptors (Lipinski definition) is 4. The van der Waals surface area contributed by atoms with Crippen molar-refractivity contribution in [3.63, 3.8) is 0 Å². The van der Waals surface area contributed by atoms with E-state index in [-0.39, 0.29) is 5.03 Å². The van der Waals surface area contributed by atoms with Crippen LogP contribution in [-0.4, -0.2) is 30.3 Å². The van der Waals surface area contributed by atoms with Crippen LogP contribution >= 0.6 is 23.2 Å². The monoisotopic (exact) mass is 316 g/mol. The number of halogens is 2. The van der Waals surface area contributed by atoms with Crippen LogP contribution in [0.4, 0.5) is 0 Å². The smallest absolute Gasteiger partial charge is 0.348 e. The van der Waals surface area contributed by atoms with E-state index in [1.165, 1.54) is 7.11 Å². The molecule has 0 saturated carbocycles. The predicted molar refractivity (Wildman–Crippen MR) is 75.3 cm³/mol. The standard InChI is InChI=1S/C12H10Cl2N2O4/c1-20-8-4-2-7(3-5-8)11(17)16-15-6-9(13)10(14)12(18)19/h2-6H,1H3,(H,16,17)(H,18,19)/b10-9-,15-6-. The van der Waals surface area contributed by atoms with Crippen LogP contribution in [0.1, 0.15) is 10.4 Å². The molecule has 0 aromatic heterocycles. The molecule has 8 heteroatoms. The fraction of sp³-hybridized carbons (Fsp3) is 0.0833. The Labute approximate surface area is 124 Å². The Hall–Kier alpha value is -2.05. The zero-order valence-corrected chi connectivity index (χ0v) is 11.8. The Kier molecular flexibility index (Phi) is 6.02. The largest absolute Gasteiger partial charge is 0.497 e. The number of methoxy groups -OCH3 is 1. The number of rotatable bonds is 5. The summed E-state index contributed by atoms with van der Waals surface area (Å²) >= 11 is 10.9. The van der Waals surface area contributed by atoms with Gasteiger partial charge in [-0.1, -0.05) is 23.2 Å². The molecule has 20 heavy (non-hydrogen) atoms. The molecule has 0 unspecified atom stereocenters. The van der Waals surface area contributed by atoms with Crippen molar-refractivity contribution in [1.82, 2.24) is 5.43 Å². The minimum atomic E-state index is -1.38. The summed E-state index contributed by atoms with van der Waals surface area (Å²) < 4.78 is 4.96. The summed E-state index contributed by atoms with van der Waals surface area (Å²) in [6, 6.07) is 6.33. The van der Waals surface area contributed by atoms with Crippen molar-refractivity contribution in [3.8, 4) is 5.75 Å². The van der Waals surface area contributed by atoms with Crippen LogP contribution < -0.4 is 10.2 Å². The quantitative estimate of drug-likeness (QED) is 0.495. The fourth-order valence-electron chi connectivity index (χ4n) is 1.11. The van der Waals surface area contributed by atoms with E-state index in [1.54, 1.807) is 24.3 Å². The number of nitrogens with zero attached hydrogens (tertiary/aromatic N) is 1. The molecular formula is C12H10Cl2N2O4. The topological polar surface area (TPSA) is 88.0 Å². The van der Waals surface area contributed by atoms with Crippen LogP contribution in [-0.2, 0) is 4.79 Å². The highest BCUT2D eigenvalue weighted by Crippen LogP contribution is 2.12. The average molecular weight is 317 g/mol. The van der Waals surface area contributed by atoms with Gasteiger partial charge in [0.25, 0.3) is 5.91 Å². The summed E-state index contributed by atoms with van der Waals surface area (Å²) in [5.41, 5.74) is 2.53. The Balaban J connectivity index is 2.67. The minimum Gasteiger partial charge on any atom is -0.497 e. The van der Waals surface area contributed by atoms with Crippen molar-refractivity contribution in [2.24, 2.45) is 5.10 Å². The van der Waals surface area contributed by atoms with Crippen LogP contribution in [0.5, 0.6) is 5.75 Å². The first-order valence-corrected chi connectivity index (χ1v) is 5.97. The number of carbonyl (C=O) groups is 2. The lowest BCUT2D eigenvalue weighted by molar-refractivity contribution is -0.131. The molecule has 0 radical (unpaired) electrons. The highest BCUT2D eigenvalue weighted by atomic mass is 35.5. The number of benzene rings is 1. The van der Waals surface area contributed by atoms with Gasteiger partial charge < -0.3 is 9.84 Å². The molecule has 0 aliphatic rings. The van der Waals surface area contributed by atoms with Gasteiger partial charge in [-0.25, -0.2) is 10.2 Å². The van der Waals surface area contributed by atoms with Crippen LogP contribution in [0.3, 0.4) is 0 Å². The van der Waals surface area contributed by atoms with E-state index in [1.807, 2.05) is 0 Å². The minimum absolute atomic E-state index is 0.297. The number of aliphatic carboxylic acids is 1. The highest BCUT2D eigenvalue weighted by Gasteiger charge is 2.08. The average Bonchev–Trinajstić information content (AvgIpc) is 2.46. The number of amides is 1. The lowest BCUT2D eigenvalue weighted by Gasteiger charge is -2.02. The third-order valence-electron chi connectivity index (χ3n) is 2.09. The summed E-state index contributed by atoms with van der Waals surface area (Å²) in [7, 11) is 1.51. The molecule has 1 aromatic carbocycles. The van der Waals surface area contributed by atoms with Crippen LogP contribution in [0, 0.1) is 0 Å². The number of carboxylic acids is 1. The zero-order chi connectivity index (χ0) is 15.1. The molecule has 6 nitrogen and oxygen atoms in total. The molecule has 1 amide bonds. The Morgan fingerprint density at radius 3 is 2.40 bits per heavy atom. The highest BCUT2D eigenvalue weighted by molar-refractivity contribution is 6.51. The van der Waals surface area contributed by atoms with Crippen LogP contribution in [0.25, 0.3) is 0 Å². The number of carbonyl (C=O) groups excluding carboxylic acids is 1. The van der Waals surface area contributed by atoms with Gasteiger partial charge >= 0.3 is 5.97 Å². The maximum atomic E-state index is 11.7. The number of hydrazone groups is 1. The first kappa shape index (κ1) is 16.0. The molecule has 106 valence electrons. The van der Waals surface area contributed by atoms with Crippen molar-refractivity contribution in [1.29, 1.82) is 0 Å². The van der Waals surface area contributed by atoms with Crippen LogP contribution in [0.2, 0.25) is 0 Å². The number of nitrogens with one attached hydrogen (secondary N) is 1. The summed E-state index contributed by atoms with van der Waals surface area (Å²) in [5.74, 6) is -1.26. The lowest BCUT2D eigenvalue weighted by atomic mass is 10.2. The normalized spacial score (nSPS) is 11.9. The molecule has 0 saturated heterocycles. The van der Waals surface area contributed by atoms with E-state index < -0.39 is 16.9 Å². The summed E-state index contributed by atoms with van der Waals surface area (Å²) in [5, 5.41) is 11.2. The van der Waals surface area contributed by atoms with Crippen molar-refractivity contribution < 1.29 is 19.4 Å². The number of hydrogen-bond donors (Lipinski definition) is 2. The van der Waals surface area contributed by atoms with E-state index in [4.69, 9.17) is 33.0 Å². The van der Waals surface area contributed by atoms with Crippen LogP contribution in [0.15, 0.2) is 39.4 Å². The molecule has 0 fully saturated rings. The molecule has 2 N–H and O–H groups in total. The second-order valence-electron chi connectivity index (χ2n) is 3.39. The predicted octanol–water partition coefficient (Wildman–Crippen LogP) is 2.18. The molecule has 0 atom stereocenters. The van der Waals surface area contributed by atoms with E-state index in [0.717, 1.165) is 6.21 Å². The number of allylic oxidation sites excluding steroid dienone is 1. The summed E-state index contributed by atoms with van der Waals surface area (Å²) in [6.45, 7) is 0. The first-order chi connectivity index (χ1) is 9.45. The molecule has 0 aliphatic heterocycles. The number of ether oxygens (including phenoxy) is 1. The second-order valence-corrected chi connectivity index (χ2v) is 4.18. The van der Waals surface area contributed by atoms with Crippen molar-refractivity contribution in [2.75, 3.05) is 7.11 Å². The molecule has 0 bridgehead atoms. The Bertz CT molecular complexity index is 567. The van der Waals surface area contributed by atoms with E-state index >= 15 is 0 Å². The maximum absolute atomic E-state index is 11.7. The van der Waals surface area contributed by atoms with Gasteiger partial charge in [-0.3, -0.25) is 4.79 Å². The SMILES string of the molecule is COc1ccc(C(=O)N/N=C\C(Cl)=C(\Cl)C(=O)O)cc1. The third-order valence-corrected chi connectivity index (χ3v) is 2.84. The molecule has 1 aromatic rings. The molecular weight excluding hydrogens is 307 g/mol. The molecule has 0 heterocycles. The van der Waals surface area contributed by atoms with Gasteiger partial charge in [0.15, 0.2) is 0 Å². The summed E-state index contributed by atoms with van der Waals surface area (Å²) in [6.07, 6.45) is 0.930. The van der Waals surface area contributed by atoms with Gasteiger partial charge in [-0.2, -0.15) is 5.10 Å². The van der Waals surface area contributed by atoms with Gasteiger partial charge in [-0.15, -0.1) is 0 Å². The van der Waals surface area contributed by atoms with E-state index in [0.29, 0.717) is 11.3 Å². The first-order valence-electron chi connectivity index (χ1n) is 5.21. The van der Waals surface area contributed by atoms with Crippen molar-refractivity contribution in [3.05, 3.63) is 39.9 Å². The van der Waals surface area contributed by atoms with Gasteiger partial charge in [0, 0.05) is 5.56 Å². The van der Waals surface area contributed by atoms with E-state index in [2.05, 4.69) is 10.5 Å². The molecule has 0 aliphatic carbocycles. The van der Waals surface area contributed by atoms with E-state index in [9.17, 15) is 9.59 Å². The van der Waals surface area contributed by atoms with Crippen molar-refractivity contribution in [2.45, 2.75) is 0 Å². The molecule has 0 spiro atoms. The fourth-order valence-corrected chi connectivity index (χ4v) is 1.29. The van der Waals surface area contributed by atoms with Gasteiger partial charge in [-0.05, 0) is 24.3 Å². The number of carboxylic acid groups (broad SMARTS) is 1. The Morgan fingerprint density at radius 2 is 1.90 bits per heavy atom. The lowest BCUT2D eigenvalue weighted by Crippen LogP contribution is -2.17. The van der Waals surface area contributed by atoms with Gasteiger partial charge in [0.1, 0.15) is 10.8 Å². The second kappa shape index (κ2) is 7.52. The Morgan fingerprint density at radius 1 is 1.30 bits per heavy atom. The third kappa shape index (κ3) is 4.56. The maximum Gasteiger partial charge on any atom is 0.348 e. The molecule has 1 rings (SSSR count).